The Labute approximate surface area is 120 Å². The molecule has 3 rings (SSSR count). The van der Waals surface area contributed by atoms with Crippen LogP contribution in [0.4, 0.5) is 0 Å². The lowest BCUT2D eigenvalue weighted by Gasteiger charge is -2.17. The van der Waals surface area contributed by atoms with Crippen molar-refractivity contribution in [2.24, 2.45) is 0 Å². The number of rotatable bonds is 3. The van der Waals surface area contributed by atoms with Crippen molar-refractivity contribution < 1.29 is 9.53 Å². The van der Waals surface area contributed by atoms with Crippen LogP contribution in [0.2, 0.25) is 5.02 Å². The first-order valence-electron chi connectivity index (χ1n) is 6.11. The Kier molecular flexibility index (Phi) is 3.43. The van der Waals surface area contributed by atoms with Crippen LogP contribution in [-0.4, -0.2) is 22.5 Å². The zero-order valence-electron chi connectivity index (χ0n) is 10.5. The molecule has 0 saturated heterocycles. The van der Waals surface area contributed by atoms with Crippen LogP contribution in [0.1, 0.15) is 11.3 Å². The van der Waals surface area contributed by atoms with Crippen molar-refractivity contribution in [2.75, 3.05) is 6.61 Å². The second-order valence-corrected chi connectivity index (χ2v) is 4.84. The highest BCUT2D eigenvalue weighted by Gasteiger charge is 2.17. The third-order valence-corrected chi connectivity index (χ3v) is 3.21. The molecule has 1 amide bonds. The number of ether oxygens (including phenoxy) is 1. The molecule has 20 heavy (non-hydrogen) atoms. The summed E-state index contributed by atoms with van der Waals surface area (Å²) in [6.45, 7) is 0.655. The number of hydrogen-bond donors (Lipinski definition) is 2. The minimum Gasteiger partial charge on any atom is -0.488 e. The van der Waals surface area contributed by atoms with Crippen LogP contribution in [0.25, 0.3) is 6.08 Å². The van der Waals surface area contributed by atoms with Crippen LogP contribution >= 0.6 is 11.6 Å². The van der Waals surface area contributed by atoms with Gasteiger partial charge in [0.05, 0.1) is 24.1 Å². The fourth-order valence-corrected chi connectivity index (χ4v) is 2.13. The molecule has 1 aromatic heterocycles. The summed E-state index contributed by atoms with van der Waals surface area (Å²) >= 11 is 5.94. The number of nitrogens with one attached hydrogen (secondary N) is 2. The molecular formula is C14H12ClN3O2. The molecule has 6 heteroatoms. The van der Waals surface area contributed by atoms with Crippen molar-refractivity contribution in [3.05, 3.63) is 52.6 Å². The molecule has 2 heterocycles. The number of imidazole rings is 1. The summed E-state index contributed by atoms with van der Waals surface area (Å²) < 4.78 is 5.54. The van der Waals surface area contributed by atoms with E-state index in [1.165, 1.54) is 0 Å². The van der Waals surface area contributed by atoms with Gasteiger partial charge in [-0.1, -0.05) is 11.6 Å². The molecular weight excluding hydrogens is 278 g/mol. The quantitative estimate of drug-likeness (QED) is 0.910. The van der Waals surface area contributed by atoms with Crippen molar-refractivity contribution in [1.82, 2.24) is 15.3 Å². The number of fused-ring (bicyclic) bond motifs is 1. The Morgan fingerprint density at radius 2 is 2.40 bits per heavy atom. The summed E-state index contributed by atoms with van der Waals surface area (Å²) in [5.74, 6) is 0.574. The van der Waals surface area contributed by atoms with E-state index in [1.54, 1.807) is 36.8 Å². The maximum atomic E-state index is 12.1. The molecule has 0 spiro atoms. The number of benzene rings is 1. The Morgan fingerprint density at radius 1 is 1.50 bits per heavy atom. The number of nitrogens with zero attached hydrogens (tertiary/aromatic N) is 1. The van der Waals surface area contributed by atoms with E-state index < -0.39 is 0 Å². The molecule has 0 unspecified atom stereocenters. The molecule has 2 aromatic rings. The second kappa shape index (κ2) is 5.38. The van der Waals surface area contributed by atoms with Gasteiger partial charge in [-0.15, -0.1) is 0 Å². The van der Waals surface area contributed by atoms with Crippen molar-refractivity contribution in [2.45, 2.75) is 6.54 Å². The molecule has 2 N–H and O–H groups in total. The van der Waals surface area contributed by atoms with Crippen molar-refractivity contribution in [1.29, 1.82) is 0 Å². The fourth-order valence-electron chi connectivity index (χ4n) is 1.95. The van der Waals surface area contributed by atoms with Crippen LogP contribution in [-0.2, 0) is 11.3 Å². The minimum absolute atomic E-state index is 0.162. The van der Waals surface area contributed by atoms with Crippen LogP contribution < -0.4 is 10.1 Å². The lowest BCUT2D eigenvalue weighted by molar-refractivity contribution is -0.117. The van der Waals surface area contributed by atoms with E-state index in [4.69, 9.17) is 16.3 Å². The third kappa shape index (κ3) is 2.67. The van der Waals surface area contributed by atoms with Gasteiger partial charge in [0, 0.05) is 16.8 Å². The van der Waals surface area contributed by atoms with Gasteiger partial charge in [0.2, 0.25) is 0 Å². The summed E-state index contributed by atoms with van der Waals surface area (Å²) in [6, 6.07) is 5.34. The zero-order valence-corrected chi connectivity index (χ0v) is 11.3. The number of aromatic nitrogens is 2. The molecule has 0 saturated carbocycles. The van der Waals surface area contributed by atoms with E-state index in [-0.39, 0.29) is 12.5 Å². The predicted molar refractivity (Wildman–Crippen MR) is 75.4 cm³/mol. The molecule has 1 aliphatic rings. The normalized spacial score (nSPS) is 13.2. The number of amides is 1. The van der Waals surface area contributed by atoms with E-state index in [2.05, 4.69) is 15.3 Å². The van der Waals surface area contributed by atoms with E-state index in [0.29, 0.717) is 17.1 Å². The number of carbonyl (C=O) groups is 1. The number of halogens is 1. The highest BCUT2D eigenvalue weighted by atomic mass is 35.5. The average Bonchev–Trinajstić information content (AvgIpc) is 2.97. The van der Waals surface area contributed by atoms with Gasteiger partial charge in [0.15, 0.2) is 0 Å². The number of carbonyl (C=O) groups excluding carboxylic acids is 1. The SMILES string of the molecule is O=C(NCc1cnc[nH]1)C1=Cc2cc(Cl)ccc2OC1. The molecule has 0 bridgehead atoms. The minimum atomic E-state index is -0.162. The fraction of sp³-hybridized carbons (Fsp3) is 0.143. The Hall–Kier alpha value is -2.27. The largest absolute Gasteiger partial charge is 0.488 e. The molecule has 0 radical (unpaired) electrons. The van der Waals surface area contributed by atoms with Gasteiger partial charge >= 0.3 is 0 Å². The highest BCUT2D eigenvalue weighted by molar-refractivity contribution is 6.30. The topological polar surface area (TPSA) is 67.0 Å². The molecule has 1 aliphatic heterocycles. The zero-order chi connectivity index (χ0) is 13.9. The molecule has 0 atom stereocenters. The maximum Gasteiger partial charge on any atom is 0.251 e. The van der Waals surface area contributed by atoms with Crippen molar-refractivity contribution >= 4 is 23.6 Å². The molecule has 0 fully saturated rings. The van der Waals surface area contributed by atoms with E-state index in [9.17, 15) is 4.79 Å². The first-order chi connectivity index (χ1) is 9.72. The monoisotopic (exact) mass is 289 g/mol. The van der Waals surface area contributed by atoms with E-state index >= 15 is 0 Å². The van der Waals surface area contributed by atoms with Crippen LogP contribution in [0, 0.1) is 0 Å². The maximum absolute atomic E-state index is 12.1. The smallest absolute Gasteiger partial charge is 0.251 e. The van der Waals surface area contributed by atoms with E-state index in [0.717, 1.165) is 17.0 Å². The van der Waals surface area contributed by atoms with Crippen LogP contribution in [0.3, 0.4) is 0 Å². The van der Waals surface area contributed by atoms with Gasteiger partial charge < -0.3 is 15.0 Å². The standard InChI is InChI=1S/C14H12ClN3O2/c15-11-1-2-13-9(4-11)3-10(7-20-13)14(19)17-6-12-5-16-8-18-12/h1-5,8H,6-7H2,(H,16,18)(H,17,19). The highest BCUT2D eigenvalue weighted by Crippen LogP contribution is 2.28. The van der Waals surface area contributed by atoms with Gasteiger partial charge in [0.25, 0.3) is 5.91 Å². The van der Waals surface area contributed by atoms with Crippen molar-refractivity contribution in [3.8, 4) is 5.75 Å². The van der Waals surface area contributed by atoms with Gasteiger partial charge in [-0.25, -0.2) is 4.98 Å². The van der Waals surface area contributed by atoms with E-state index in [1.807, 2.05) is 0 Å². The van der Waals surface area contributed by atoms with Gasteiger partial charge in [-0.3, -0.25) is 4.79 Å². The average molecular weight is 290 g/mol. The lowest BCUT2D eigenvalue weighted by atomic mass is 10.1. The van der Waals surface area contributed by atoms with Gasteiger partial charge in [-0.2, -0.15) is 0 Å². The number of aromatic amines is 1. The molecule has 102 valence electrons. The second-order valence-electron chi connectivity index (χ2n) is 4.40. The summed E-state index contributed by atoms with van der Waals surface area (Å²) in [5.41, 5.74) is 2.23. The number of hydrogen-bond acceptors (Lipinski definition) is 3. The predicted octanol–water partition coefficient (Wildman–Crippen LogP) is 2.16. The number of H-pyrrole nitrogens is 1. The molecule has 0 aliphatic carbocycles. The summed E-state index contributed by atoms with van der Waals surface area (Å²) in [7, 11) is 0. The van der Waals surface area contributed by atoms with Gasteiger partial charge in [0.1, 0.15) is 12.4 Å². The lowest BCUT2D eigenvalue weighted by Crippen LogP contribution is -2.28. The van der Waals surface area contributed by atoms with Crippen molar-refractivity contribution in [3.63, 3.8) is 0 Å². The summed E-state index contributed by atoms with van der Waals surface area (Å²) in [5, 5.41) is 3.42. The third-order valence-electron chi connectivity index (χ3n) is 2.97. The first kappa shape index (κ1) is 12.7. The molecule has 5 nitrogen and oxygen atoms in total. The summed E-state index contributed by atoms with van der Waals surface area (Å²) in [6.07, 6.45) is 5.04. The first-order valence-corrected chi connectivity index (χ1v) is 6.48. The Balaban J connectivity index is 1.72. The van der Waals surface area contributed by atoms with Gasteiger partial charge in [-0.05, 0) is 24.3 Å². The Bertz CT molecular complexity index is 665. The molecule has 1 aromatic carbocycles. The van der Waals surface area contributed by atoms with Crippen LogP contribution in [0.15, 0.2) is 36.3 Å². The summed E-state index contributed by atoms with van der Waals surface area (Å²) in [4.78, 5) is 18.9. The van der Waals surface area contributed by atoms with Crippen LogP contribution in [0.5, 0.6) is 5.75 Å². The Morgan fingerprint density at radius 3 is 3.20 bits per heavy atom.